The summed E-state index contributed by atoms with van der Waals surface area (Å²) >= 11 is 0. The van der Waals surface area contributed by atoms with Gasteiger partial charge in [-0.05, 0) is 62.0 Å². The van der Waals surface area contributed by atoms with Gasteiger partial charge in [0.2, 0.25) is 22.8 Å². The van der Waals surface area contributed by atoms with Gasteiger partial charge in [0.15, 0.2) is 0 Å². The molecule has 1 aromatic heterocycles. The van der Waals surface area contributed by atoms with E-state index in [1.165, 1.54) is 18.2 Å². The number of H-pyrrole nitrogens is 1. The maximum absolute atomic E-state index is 14.2. The molecule has 1 amide bonds. The van der Waals surface area contributed by atoms with Gasteiger partial charge in [0.05, 0.1) is 12.2 Å². The molecule has 2 N–H and O–H groups in total. The van der Waals surface area contributed by atoms with E-state index < -0.39 is 33.9 Å². The van der Waals surface area contributed by atoms with Crippen LogP contribution in [0.5, 0.6) is 17.2 Å². The topological polar surface area (TPSA) is 155 Å². The van der Waals surface area contributed by atoms with Crippen molar-refractivity contribution in [3.63, 3.8) is 0 Å². The lowest BCUT2D eigenvalue weighted by Gasteiger charge is -2.34. The summed E-state index contributed by atoms with van der Waals surface area (Å²) in [6.07, 6.45) is 1.23. The van der Waals surface area contributed by atoms with E-state index >= 15 is 0 Å². The van der Waals surface area contributed by atoms with Gasteiger partial charge in [-0.3, -0.25) is 14.6 Å². The minimum absolute atomic E-state index is 0.139. The zero-order chi connectivity index (χ0) is 34.0. The highest BCUT2D eigenvalue weighted by Crippen LogP contribution is 2.36. The summed E-state index contributed by atoms with van der Waals surface area (Å²) in [6.45, 7) is 5.44. The van der Waals surface area contributed by atoms with Crippen LogP contribution < -0.4 is 16.0 Å². The van der Waals surface area contributed by atoms with E-state index in [4.69, 9.17) is 4.74 Å². The molecule has 5 rings (SSSR count). The van der Waals surface area contributed by atoms with Crippen molar-refractivity contribution in [2.24, 2.45) is 0 Å². The van der Waals surface area contributed by atoms with Gasteiger partial charge in [0.25, 0.3) is 5.56 Å². The van der Waals surface area contributed by atoms with E-state index in [1.54, 1.807) is 37.7 Å². The standard InChI is InChI=1S/C31H36BN5O7P2S/c1-19-14-22(37-31(41)33-29(40)27(34-37)30(45)46)15-20(2)28(19)44-23-10-11-24(38)25(16-23)47(42,43)36(18-26(39)35-12-7-13-35)32(3)17-21-8-5-4-6-9-21/h4-6,8-11,14-16,30,38H,7,12-13,17-18,45-46H2,1-3H3,(H,33,40,41). The number of phenols is 1. The average molecular weight is 695 g/mol. The SMILES string of the molecule is CB(Cc1ccccc1)N(CC(=O)N1CCC1)S(=O)(=O)c1cc(Oc2c(C)cc(-n3nc(C(P)P)c(=O)[nH]c3=O)cc2C)ccc1O. The van der Waals surface area contributed by atoms with E-state index in [-0.39, 0.29) is 34.2 Å². The fourth-order valence-electron chi connectivity index (χ4n) is 5.36. The van der Waals surface area contributed by atoms with E-state index in [9.17, 15) is 27.9 Å². The monoisotopic (exact) mass is 695 g/mol. The Hall–Kier alpha value is -3.83. The number of ether oxygens (including phenoxy) is 1. The highest BCUT2D eigenvalue weighted by molar-refractivity contribution is 7.90. The van der Waals surface area contributed by atoms with Crippen LogP contribution in [0.15, 0.2) is 75.1 Å². The largest absolute Gasteiger partial charge is 0.507 e. The third-order valence-electron chi connectivity index (χ3n) is 7.96. The number of aromatic nitrogens is 3. The number of hydrogen-bond acceptors (Lipinski definition) is 8. The molecule has 0 aliphatic carbocycles. The number of carbonyl (C=O) groups is 1. The average Bonchev–Trinajstić information content (AvgIpc) is 2.97. The molecular weight excluding hydrogens is 659 g/mol. The number of nitrogens with one attached hydrogen (secondary N) is 1. The van der Waals surface area contributed by atoms with Crippen molar-refractivity contribution in [3.8, 4) is 22.9 Å². The first kappa shape index (κ1) is 34.5. The number of hydrogen-bond donors (Lipinski definition) is 2. The van der Waals surface area contributed by atoms with Crippen LogP contribution in [0.3, 0.4) is 0 Å². The molecular formula is C31H36BN5O7P2S. The summed E-state index contributed by atoms with van der Waals surface area (Å²) in [4.78, 5) is 41.3. The highest BCUT2D eigenvalue weighted by Gasteiger charge is 2.37. The molecule has 1 fully saturated rings. The van der Waals surface area contributed by atoms with Crippen LogP contribution in [0.1, 0.15) is 34.2 Å². The van der Waals surface area contributed by atoms with Crippen LogP contribution in [0.25, 0.3) is 5.69 Å². The third-order valence-corrected chi connectivity index (χ3v) is 10.6. The van der Waals surface area contributed by atoms with Gasteiger partial charge in [-0.1, -0.05) is 42.7 Å². The molecule has 2 heterocycles. The molecule has 12 nitrogen and oxygen atoms in total. The number of amides is 1. The molecule has 4 aromatic rings. The molecule has 3 aromatic carbocycles. The molecule has 2 atom stereocenters. The quantitative estimate of drug-likeness (QED) is 0.179. The van der Waals surface area contributed by atoms with Crippen molar-refractivity contribution < 1.29 is 23.1 Å². The number of nitrogens with zero attached hydrogens (tertiary/aromatic N) is 4. The zero-order valence-electron chi connectivity index (χ0n) is 26.2. The Morgan fingerprint density at radius 2 is 1.74 bits per heavy atom. The van der Waals surface area contributed by atoms with E-state index in [2.05, 4.69) is 28.6 Å². The zero-order valence-corrected chi connectivity index (χ0v) is 29.3. The van der Waals surface area contributed by atoms with Crippen molar-refractivity contribution in [2.45, 2.75) is 43.7 Å². The minimum atomic E-state index is -4.38. The predicted molar refractivity (Wildman–Crippen MR) is 187 cm³/mol. The lowest BCUT2D eigenvalue weighted by atomic mass is 9.60. The number of benzene rings is 3. The molecule has 1 aliphatic heterocycles. The number of carbonyl (C=O) groups excluding carboxylic acids is 1. The predicted octanol–water partition coefficient (Wildman–Crippen LogP) is 3.41. The van der Waals surface area contributed by atoms with Gasteiger partial charge >= 0.3 is 5.69 Å². The van der Waals surface area contributed by atoms with Crippen molar-refractivity contribution in [1.29, 1.82) is 0 Å². The summed E-state index contributed by atoms with van der Waals surface area (Å²) in [7, 11) is 0.500. The van der Waals surface area contributed by atoms with Gasteiger partial charge in [-0.25, -0.2) is 17.4 Å². The van der Waals surface area contributed by atoms with Gasteiger partial charge in [0.1, 0.15) is 27.8 Å². The molecule has 0 spiro atoms. The molecule has 1 saturated heterocycles. The molecule has 2 unspecified atom stereocenters. The minimum Gasteiger partial charge on any atom is -0.507 e. The van der Waals surface area contributed by atoms with Gasteiger partial charge in [0, 0.05) is 24.6 Å². The lowest BCUT2D eigenvalue weighted by molar-refractivity contribution is -0.134. The molecule has 0 radical (unpaired) electrons. The summed E-state index contributed by atoms with van der Waals surface area (Å²) in [6, 6.07) is 16.6. The Morgan fingerprint density at radius 1 is 1.09 bits per heavy atom. The van der Waals surface area contributed by atoms with Gasteiger partial charge in [-0.15, -0.1) is 18.5 Å². The first-order valence-electron chi connectivity index (χ1n) is 15.0. The van der Waals surface area contributed by atoms with Crippen molar-refractivity contribution in [3.05, 3.63) is 104 Å². The molecule has 246 valence electrons. The molecule has 0 bridgehead atoms. The summed E-state index contributed by atoms with van der Waals surface area (Å²) in [5.41, 5.74) is 1.38. The van der Waals surface area contributed by atoms with Crippen molar-refractivity contribution >= 4 is 41.3 Å². The highest BCUT2D eigenvalue weighted by atomic mass is 32.2. The van der Waals surface area contributed by atoms with E-state index in [1.807, 2.05) is 30.3 Å². The first-order chi connectivity index (χ1) is 22.3. The number of phenolic OH excluding ortho intramolecular Hbond substituents is 1. The second-order valence-corrected chi connectivity index (χ2v) is 15.6. The van der Waals surface area contributed by atoms with Crippen LogP contribution in [0.2, 0.25) is 6.82 Å². The normalized spacial score (nSPS) is 13.1. The number of aromatic amines is 1. The Labute approximate surface area is 277 Å². The summed E-state index contributed by atoms with van der Waals surface area (Å²) < 4.78 is 36.8. The van der Waals surface area contributed by atoms with Crippen molar-refractivity contribution in [2.75, 3.05) is 19.6 Å². The van der Waals surface area contributed by atoms with Gasteiger partial charge < -0.3 is 14.7 Å². The van der Waals surface area contributed by atoms with E-state index in [0.717, 1.165) is 20.9 Å². The molecule has 1 aliphatic rings. The second-order valence-electron chi connectivity index (χ2n) is 11.5. The Morgan fingerprint density at radius 3 is 2.34 bits per heavy atom. The van der Waals surface area contributed by atoms with Crippen LogP contribution in [-0.2, 0) is 21.1 Å². The molecule has 47 heavy (non-hydrogen) atoms. The summed E-state index contributed by atoms with van der Waals surface area (Å²) in [5, 5.41) is 14.7. The maximum atomic E-state index is 14.2. The van der Waals surface area contributed by atoms with Gasteiger partial charge in [-0.2, -0.15) is 9.78 Å². The third kappa shape index (κ3) is 7.51. The van der Waals surface area contributed by atoms with Crippen LogP contribution in [-0.4, -0.2) is 69.8 Å². The number of aromatic hydroxyl groups is 1. The Kier molecular flexibility index (Phi) is 10.4. The second kappa shape index (κ2) is 14.1. The first-order valence-corrected chi connectivity index (χ1v) is 17.7. The summed E-state index contributed by atoms with van der Waals surface area (Å²) in [5.74, 6) is -0.236. The molecule has 0 saturated carbocycles. The van der Waals surface area contributed by atoms with Crippen LogP contribution in [0, 0.1) is 13.8 Å². The van der Waals surface area contributed by atoms with E-state index in [0.29, 0.717) is 42.0 Å². The smallest absolute Gasteiger partial charge is 0.349 e. The number of likely N-dealkylation sites (tertiary alicyclic amines) is 1. The fourth-order valence-corrected chi connectivity index (χ4v) is 7.47. The Balaban J connectivity index is 1.47. The maximum Gasteiger partial charge on any atom is 0.349 e. The lowest BCUT2D eigenvalue weighted by Crippen LogP contribution is -2.52. The van der Waals surface area contributed by atoms with Crippen LogP contribution in [0.4, 0.5) is 0 Å². The number of aryl methyl sites for hydroxylation is 2. The number of sulfonamides is 1. The fraction of sp³-hybridized carbons (Fsp3) is 0.290. The number of rotatable bonds is 11. The van der Waals surface area contributed by atoms with Crippen molar-refractivity contribution in [1.82, 2.24) is 23.9 Å². The Bertz CT molecular complexity index is 2010. The molecule has 16 heteroatoms. The van der Waals surface area contributed by atoms with Crippen LogP contribution >= 0.6 is 18.5 Å².